The molecule has 0 bridgehead atoms. The van der Waals surface area contributed by atoms with Gasteiger partial charge in [0, 0.05) is 30.5 Å². The van der Waals surface area contributed by atoms with Crippen molar-refractivity contribution in [2.75, 3.05) is 6.61 Å². The number of non-ortho nitro benzene ring substituents is 2. The number of carbonyl (C=O) groups is 4. The molecule has 2 saturated heterocycles. The molecule has 17 heteroatoms. The van der Waals surface area contributed by atoms with E-state index < -0.39 is 62.7 Å². The Kier molecular flexibility index (Phi) is 11.0. The first-order chi connectivity index (χ1) is 27.9. The van der Waals surface area contributed by atoms with Crippen molar-refractivity contribution in [2.24, 2.45) is 0 Å². The molecule has 1 amide bonds. The van der Waals surface area contributed by atoms with Crippen LogP contribution in [-0.4, -0.2) is 66.5 Å². The molecule has 58 heavy (non-hydrogen) atoms. The van der Waals surface area contributed by atoms with Crippen molar-refractivity contribution in [2.45, 2.75) is 29.2 Å². The molecule has 3 heterocycles. The second-order valence-corrected chi connectivity index (χ2v) is 14.8. The van der Waals surface area contributed by atoms with E-state index in [-0.39, 0.29) is 39.7 Å². The van der Waals surface area contributed by atoms with Gasteiger partial charge in [-0.1, -0.05) is 60.7 Å². The highest BCUT2D eigenvalue weighted by Crippen LogP contribution is 2.54. The lowest BCUT2D eigenvalue weighted by Gasteiger charge is -2.40. The number of nitro benzene ring substituents is 2. The molecule has 5 aromatic rings. The van der Waals surface area contributed by atoms with Gasteiger partial charge in [0.25, 0.3) is 17.3 Å². The van der Waals surface area contributed by atoms with Gasteiger partial charge < -0.3 is 23.8 Å². The summed E-state index contributed by atoms with van der Waals surface area (Å²) in [6.07, 6.45) is 0.838. The first-order valence-corrected chi connectivity index (χ1v) is 18.3. The number of β-lactam (4-membered cyclic amide) rings is 1. The van der Waals surface area contributed by atoms with Crippen LogP contribution in [0.1, 0.15) is 40.2 Å². The summed E-state index contributed by atoms with van der Waals surface area (Å²) in [5, 5.41) is 21.3. The van der Waals surface area contributed by atoms with Gasteiger partial charge in [-0.15, -0.1) is 11.8 Å². The Morgan fingerprint density at radius 2 is 1.38 bits per heavy atom. The number of hydrogen-bond donors (Lipinski definition) is 0. The third kappa shape index (κ3) is 8.24. The van der Waals surface area contributed by atoms with Gasteiger partial charge in [0.1, 0.15) is 29.5 Å². The topological polar surface area (TPSA) is 208 Å². The van der Waals surface area contributed by atoms with Gasteiger partial charge >= 0.3 is 18.1 Å². The molecule has 292 valence electrons. The third-order valence-electron chi connectivity index (χ3n) is 9.20. The molecule has 2 aliphatic heterocycles. The lowest BCUT2D eigenvalue weighted by Crippen LogP contribution is -2.60. The van der Waals surface area contributed by atoms with Crippen molar-refractivity contribution in [1.82, 2.24) is 9.88 Å². The molecule has 0 N–H and O–H groups in total. The average Bonchev–Trinajstić information content (AvgIpc) is 3.51. The Bertz CT molecular complexity index is 2390. The van der Waals surface area contributed by atoms with Crippen molar-refractivity contribution in [3.05, 3.63) is 176 Å². The van der Waals surface area contributed by atoms with Crippen molar-refractivity contribution in [3.8, 4) is 11.5 Å². The maximum atomic E-state index is 14.4. The summed E-state index contributed by atoms with van der Waals surface area (Å²) in [7, 11) is 0. The van der Waals surface area contributed by atoms with Crippen LogP contribution in [0.2, 0.25) is 0 Å². The molecule has 1 aromatic heterocycles. The fourth-order valence-electron chi connectivity index (χ4n) is 6.38. The number of ether oxygens (including phenoxy) is 4. The molecule has 3 atom stereocenters. The van der Waals surface area contributed by atoms with E-state index in [2.05, 4.69) is 4.98 Å². The fourth-order valence-corrected chi connectivity index (χ4v) is 7.99. The monoisotopic (exact) mass is 802 g/mol. The van der Waals surface area contributed by atoms with E-state index in [0.29, 0.717) is 11.1 Å². The average molecular weight is 803 g/mol. The predicted molar refractivity (Wildman–Crippen MR) is 207 cm³/mol. The first-order valence-electron chi connectivity index (χ1n) is 17.4. The van der Waals surface area contributed by atoms with E-state index >= 15 is 0 Å². The highest BCUT2D eigenvalue weighted by atomic mass is 32.2. The number of carbonyl (C=O) groups excluding carboxylic acids is 4. The van der Waals surface area contributed by atoms with Crippen LogP contribution in [0.4, 0.5) is 16.2 Å². The SMILES string of the molecule is C[C@@]1(COC(=O)Oc2ccc([N+](=O)[O-])cc2)SC2C(=Cc3cc(C(=O)Oc4ccc([N+](=O)[O-])cc4)ccn3)C(=O)N2[C@H]1C(=O)OC(c1ccccc1)c1ccccc1. The highest BCUT2D eigenvalue weighted by Gasteiger charge is 2.64. The van der Waals surface area contributed by atoms with Crippen LogP contribution in [0.15, 0.2) is 133 Å². The van der Waals surface area contributed by atoms with Crippen LogP contribution in [-0.2, 0) is 19.1 Å². The molecule has 2 aliphatic rings. The van der Waals surface area contributed by atoms with Crippen LogP contribution in [0.25, 0.3) is 6.08 Å². The van der Waals surface area contributed by atoms with Gasteiger partial charge in [0.2, 0.25) is 0 Å². The lowest BCUT2D eigenvalue weighted by atomic mass is 9.93. The van der Waals surface area contributed by atoms with Gasteiger partial charge in [0.15, 0.2) is 6.10 Å². The molecule has 16 nitrogen and oxygen atoms in total. The number of pyridine rings is 1. The van der Waals surface area contributed by atoms with Gasteiger partial charge in [-0.3, -0.25) is 30.0 Å². The lowest BCUT2D eigenvalue weighted by molar-refractivity contribution is -0.385. The number of benzene rings is 4. The minimum Gasteiger partial charge on any atom is -0.451 e. The summed E-state index contributed by atoms with van der Waals surface area (Å²) in [5.74, 6) is -1.98. The van der Waals surface area contributed by atoms with Gasteiger partial charge in [0.05, 0.1) is 31.4 Å². The summed E-state index contributed by atoms with van der Waals surface area (Å²) < 4.78 is 21.0. The van der Waals surface area contributed by atoms with Crippen molar-refractivity contribution in [3.63, 3.8) is 0 Å². The zero-order chi connectivity index (χ0) is 41.0. The predicted octanol–water partition coefficient (Wildman–Crippen LogP) is 7.09. The zero-order valence-electron chi connectivity index (χ0n) is 30.2. The number of fused-ring (bicyclic) bond motifs is 1. The summed E-state index contributed by atoms with van der Waals surface area (Å²) in [4.78, 5) is 80.7. The van der Waals surface area contributed by atoms with E-state index in [0.717, 1.165) is 12.1 Å². The first kappa shape index (κ1) is 38.9. The van der Waals surface area contributed by atoms with Crippen LogP contribution in [0.3, 0.4) is 0 Å². The third-order valence-corrected chi connectivity index (χ3v) is 10.8. The van der Waals surface area contributed by atoms with Crippen LogP contribution < -0.4 is 9.47 Å². The number of nitro groups is 2. The molecule has 0 aliphatic carbocycles. The number of amides is 1. The molecule has 0 spiro atoms. The molecule has 1 unspecified atom stereocenters. The maximum Gasteiger partial charge on any atom is 0.513 e. The summed E-state index contributed by atoms with van der Waals surface area (Å²) in [6, 6.07) is 29.5. The van der Waals surface area contributed by atoms with E-state index in [1.807, 2.05) is 60.7 Å². The fraction of sp³-hybridized carbons (Fsp3) is 0.146. The number of esters is 2. The Balaban J connectivity index is 1.14. The number of aromatic nitrogens is 1. The van der Waals surface area contributed by atoms with E-state index in [4.69, 9.17) is 18.9 Å². The van der Waals surface area contributed by atoms with Gasteiger partial charge in [-0.25, -0.2) is 14.4 Å². The quantitative estimate of drug-likeness (QED) is 0.0235. The summed E-state index contributed by atoms with van der Waals surface area (Å²) in [6.45, 7) is 1.24. The second-order valence-electron chi connectivity index (χ2n) is 13.1. The molecule has 7 rings (SSSR count). The van der Waals surface area contributed by atoms with Crippen LogP contribution in [0.5, 0.6) is 11.5 Å². The minimum atomic E-state index is -1.29. The number of rotatable bonds is 12. The summed E-state index contributed by atoms with van der Waals surface area (Å²) in [5.41, 5.74) is 1.55. The minimum absolute atomic E-state index is 0.0140. The molecule has 0 saturated carbocycles. The smallest absolute Gasteiger partial charge is 0.451 e. The maximum absolute atomic E-state index is 14.4. The van der Waals surface area contributed by atoms with Crippen molar-refractivity contribution in [1.29, 1.82) is 0 Å². The van der Waals surface area contributed by atoms with Gasteiger partial charge in [-0.2, -0.15) is 0 Å². The van der Waals surface area contributed by atoms with Crippen LogP contribution in [0, 0.1) is 20.2 Å². The zero-order valence-corrected chi connectivity index (χ0v) is 31.1. The molecular formula is C41H30N4O12S. The highest BCUT2D eigenvalue weighted by molar-refractivity contribution is 8.02. The van der Waals surface area contributed by atoms with Gasteiger partial charge in [-0.05, 0) is 60.5 Å². The van der Waals surface area contributed by atoms with Crippen molar-refractivity contribution < 1.29 is 48.0 Å². The van der Waals surface area contributed by atoms with Crippen LogP contribution >= 0.6 is 11.8 Å². The summed E-state index contributed by atoms with van der Waals surface area (Å²) >= 11 is 1.18. The van der Waals surface area contributed by atoms with Crippen molar-refractivity contribution >= 4 is 53.2 Å². The van der Waals surface area contributed by atoms with E-state index in [9.17, 15) is 39.4 Å². The number of thioether (sulfide) groups is 1. The molecular weight excluding hydrogens is 773 g/mol. The number of nitrogens with zero attached hydrogens (tertiary/aromatic N) is 4. The molecule has 2 fully saturated rings. The Morgan fingerprint density at radius 1 is 0.828 bits per heavy atom. The van der Waals surface area contributed by atoms with E-state index in [1.165, 1.54) is 77.5 Å². The normalized spacial score (nSPS) is 18.8. The molecule has 4 aromatic carbocycles. The number of hydrogen-bond acceptors (Lipinski definition) is 14. The standard InChI is InChI=1S/C41H30N4O12S/c1-41(24-54-40(49)56-32-18-14-30(15-19-32)45(52)53)35(39(48)57-34(25-8-4-2-5-9-25)26-10-6-3-7-11-26)43-36(46)33(37(43)58-41)23-28-22-27(20-21-42-28)38(47)55-31-16-12-29(13-17-31)44(50)51/h2-23,34-35,37H,24H2,1H3/t35-,37?,41-/m0/s1. The Labute approximate surface area is 333 Å². The largest absolute Gasteiger partial charge is 0.513 e. The Morgan fingerprint density at radius 3 is 1.93 bits per heavy atom. The second kappa shape index (κ2) is 16.4. The molecule has 0 radical (unpaired) electrons. The Hall–Kier alpha value is -7.40. The van der Waals surface area contributed by atoms with E-state index in [1.54, 1.807) is 6.92 Å².